The van der Waals surface area contributed by atoms with Gasteiger partial charge in [0, 0.05) is 11.1 Å². The first-order valence-corrected chi connectivity index (χ1v) is 6.52. The Morgan fingerprint density at radius 3 is 2.62 bits per heavy atom. The largest absolute Gasteiger partial charge is 0.314 e. The maximum absolute atomic E-state index is 6.19. The summed E-state index contributed by atoms with van der Waals surface area (Å²) in [6.07, 6.45) is 2.47. The number of hydrogen-bond donors (Lipinski definition) is 1. The highest BCUT2D eigenvalue weighted by atomic mass is 35.5. The van der Waals surface area contributed by atoms with Crippen LogP contribution in [0, 0.1) is 5.92 Å². The molecule has 2 rings (SSSR count). The topological polar surface area (TPSA) is 12.0 Å². The molecule has 0 aliphatic heterocycles. The second-order valence-corrected chi connectivity index (χ2v) is 5.60. The second-order valence-electron chi connectivity index (χ2n) is 5.19. The Morgan fingerprint density at radius 1 is 1.31 bits per heavy atom. The summed E-state index contributed by atoms with van der Waals surface area (Å²) in [6, 6.07) is 8.93. The number of benzene rings is 1. The predicted molar refractivity (Wildman–Crippen MR) is 70.1 cm³/mol. The Labute approximate surface area is 103 Å². The van der Waals surface area contributed by atoms with E-state index in [9.17, 15) is 0 Å². The third-order valence-corrected chi connectivity index (χ3v) is 3.64. The van der Waals surface area contributed by atoms with Gasteiger partial charge in [-0.05, 0) is 42.9 Å². The second kappa shape index (κ2) is 5.20. The molecule has 16 heavy (non-hydrogen) atoms. The van der Waals surface area contributed by atoms with Gasteiger partial charge in [-0.3, -0.25) is 0 Å². The number of nitrogens with one attached hydrogen (secondary N) is 1. The van der Waals surface area contributed by atoms with Crippen LogP contribution >= 0.6 is 11.6 Å². The van der Waals surface area contributed by atoms with E-state index >= 15 is 0 Å². The highest BCUT2D eigenvalue weighted by Gasteiger charge is 2.30. The number of halogens is 1. The van der Waals surface area contributed by atoms with Crippen molar-refractivity contribution in [2.45, 2.75) is 38.6 Å². The Balaban J connectivity index is 1.82. The molecule has 0 bridgehead atoms. The van der Waals surface area contributed by atoms with Crippen molar-refractivity contribution in [1.29, 1.82) is 0 Å². The molecule has 1 aromatic carbocycles. The molecule has 0 radical (unpaired) electrons. The van der Waals surface area contributed by atoms with Crippen LogP contribution < -0.4 is 5.32 Å². The van der Waals surface area contributed by atoms with E-state index in [1.807, 2.05) is 12.1 Å². The van der Waals surface area contributed by atoms with Gasteiger partial charge in [0.05, 0.1) is 0 Å². The Kier molecular flexibility index (Phi) is 3.88. The van der Waals surface area contributed by atoms with Crippen molar-refractivity contribution in [2.75, 3.05) is 6.54 Å². The molecule has 1 fully saturated rings. The van der Waals surface area contributed by atoms with E-state index in [1.165, 1.54) is 18.4 Å². The molecular formula is C14H20ClN. The molecule has 1 aliphatic rings. The quantitative estimate of drug-likeness (QED) is 0.839. The molecule has 0 amide bonds. The van der Waals surface area contributed by atoms with E-state index < -0.39 is 0 Å². The SMILES string of the molecule is CC(C)CNC1CC(c2ccccc2Cl)C1. The summed E-state index contributed by atoms with van der Waals surface area (Å²) in [5, 5.41) is 4.52. The van der Waals surface area contributed by atoms with Crippen molar-refractivity contribution >= 4 is 11.6 Å². The van der Waals surface area contributed by atoms with Crippen molar-refractivity contribution in [3.63, 3.8) is 0 Å². The molecule has 1 nitrogen and oxygen atoms in total. The van der Waals surface area contributed by atoms with Crippen LogP contribution in [0.2, 0.25) is 5.02 Å². The summed E-state index contributed by atoms with van der Waals surface area (Å²) in [4.78, 5) is 0. The molecule has 0 saturated heterocycles. The van der Waals surface area contributed by atoms with Crippen molar-refractivity contribution in [1.82, 2.24) is 5.32 Å². The summed E-state index contributed by atoms with van der Waals surface area (Å²) >= 11 is 6.19. The van der Waals surface area contributed by atoms with Gasteiger partial charge in [0.1, 0.15) is 0 Å². The summed E-state index contributed by atoms with van der Waals surface area (Å²) in [6.45, 7) is 5.62. The fourth-order valence-corrected chi connectivity index (χ4v) is 2.54. The van der Waals surface area contributed by atoms with Gasteiger partial charge in [0.15, 0.2) is 0 Å². The highest BCUT2D eigenvalue weighted by Crippen LogP contribution is 2.39. The van der Waals surface area contributed by atoms with Gasteiger partial charge in [0.25, 0.3) is 0 Å². The van der Waals surface area contributed by atoms with Crippen LogP contribution in [0.1, 0.15) is 38.2 Å². The van der Waals surface area contributed by atoms with E-state index in [0.717, 1.165) is 17.5 Å². The lowest BCUT2D eigenvalue weighted by atomic mass is 9.76. The smallest absolute Gasteiger partial charge is 0.0440 e. The van der Waals surface area contributed by atoms with Gasteiger partial charge in [-0.1, -0.05) is 43.6 Å². The lowest BCUT2D eigenvalue weighted by Crippen LogP contribution is -2.41. The van der Waals surface area contributed by atoms with Gasteiger partial charge >= 0.3 is 0 Å². The van der Waals surface area contributed by atoms with E-state index in [0.29, 0.717) is 12.0 Å². The van der Waals surface area contributed by atoms with Gasteiger partial charge in [-0.2, -0.15) is 0 Å². The van der Waals surface area contributed by atoms with Gasteiger partial charge in [0.2, 0.25) is 0 Å². The first-order chi connectivity index (χ1) is 7.66. The van der Waals surface area contributed by atoms with Crippen molar-refractivity contribution in [3.8, 4) is 0 Å². The average molecular weight is 238 g/mol. The molecule has 1 aliphatic carbocycles. The fourth-order valence-electron chi connectivity index (χ4n) is 2.25. The van der Waals surface area contributed by atoms with Crippen LogP contribution in [0.4, 0.5) is 0 Å². The fraction of sp³-hybridized carbons (Fsp3) is 0.571. The maximum Gasteiger partial charge on any atom is 0.0440 e. The standard InChI is InChI=1S/C14H20ClN/c1-10(2)9-16-12-7-11(8-12)13-5-3-4-6-14(13)15/h3-6,10-12,16H,7-9H2,1-2H3. The lowest BCUT2D eigenvalue weighted by molar-refractivity contribution is 0.282. The number of rotatable bonds is 4. The first kappa shape index (κ1) is 11.9. The monoisotopic (exact) mass is 237 g/mol. The maximum atomic E-state index is 6.19. The molecule has 0 unspecified atom stereocenters. The van der Waals surface area contributed by atoms with Gasteiger partial charge in [-0.25, -0.2) is 0 Å². The van der Waals surface area contributed by atoms with Crippen LogP contribution in [0.3, 0.4) is 0 Å². The molecule has 2 heteroatoms. The molecular weight excluding hydrogens is 218 g/mol. The minimum Gasteiger partial charge on any atom is -0.314 e. The summed E-state index contributed by atoms with van der Waals surface area (Å²) < 4.78 is 0. The third kappa shape index (κ3) is 2.78. The minimum absolute atomic E-state index is 0.665. The van der Waals surface area contributed by atoms with Crippen LogP contribution in [-0.4, -0.2) is 12.6 Å². The Bertz CT molecular complexity index is 342. The first-order valence-electron chi connectivity index (χ1n) is 6.14. The van der Waals surface area contributed by atoms with Gasteiger partial charge in [-0.15, -0.1) is 0 Å². The predicted octanol–water partition coefficient (Wildman–Crippen LogP) is 3.83. The van der Waals surface area contributed by atoms with Crippen LogP contribution in [-0.2, 0) is 0 Å². The summed E-state index contributed by atoms with van der Waals surface area (Å²) in [5.41, 5.74) is 1.33. The highest BCUT2D eigenvalue weighted by molar-refractivity contribution is 6.31. The van der Waals surface area contributed by atoms with Crippen LogP contribution in [0.15, 0.2) is 24.3 Å². The molecule has 0 atom stereocenters. The molecule has 0 heterocycles. The summed E-state index contributed by atoms with van der Waals surface area (Å²) in [5.74, 6) is 1.40. The van der Waals surface area contributed by atoms with Crippen molar-refractivity contribution in [2.24, 2.45) is 5.92 Å². The molecule has 1 saturated carbocycles. The van der Waals surface area contributed by atoms with Gasteiger partial charge < -0.3 is 5.32 Å². The zero-order valence-electron chi connectivity index (χ0n) is 10.0. The third-order valence-electron chi connectivity index (χ3n) is 3.30. The molecule has 1 aromatic rings. The average Bonchev–Trinajstić information content (AvgIpc) is 2.17. The molecule has 0 spiro atoms. The molecule has 1 N–H and O–H groups in total. The zero-order chi connectivity index (χ0) is 11.5. The van der Waals surface area contributed by atoms with E-state index in [1.54, 1.807) is 0 Å². The minimum atomic E-state index is 0.665. The summed E-state index contributed by atoms with van der Waals surface area (Å²) in [7, 11) is 0. The molecule has 0 aromatic heterocycles. The van der Waals surface area contributed by atoms with Crippen LogP contribution in [0.5, 0.6) is 0 Å². The lowest BCUT2D eigenvalue weighted by Gasteiger charge is -2.37. The van der Waals surface area contributed by atoms with Crippen LogP contribution in [0.25, 0.3) is 0 Å². The van der Waals surface area contributed by atoms with Crippen molar-refractivity contribution in [3.05, 3.63) is 34.9 Å². The van der Waals surface area contributed by atoms with E-state index in [4.69, 9.17) is 11.6 Å². The zero-order valence-corrected chi connectivity index (χ0v) is 10.8. The molecule has 88 valence electrons. The normalized spacial score (nSPS) is 24.5. The van der Waals surface area contributed by atoms with E-state index in [-0.39, 0.29) is 0 Å². The van der Waals surface area contributed by atoms with Crippen molar-refractivity contribution < 1.29 is 0 Å². The number of hydrogen-bond acceptors (Lipinski definition) is 1. The van der Waals surface area contributed by atoms with E-state index in [2.05, 4.69) is 31.3 Å². The Hall–Kier alpha value is -0.530. The Morgan fingerprint density at radius 2 is 2.00 bits per heavy atom.